The zero-order valence-electron chi connectivity index (χ0n) is 10.1. The van der Waals surface area contributed by atoms with Crippen molar-refractivity contribution in [1.29, 1.82) is 0 Å². The van der Waals surface area contributed by atoms with Crippen LogP contribution in [0.4, 0.5) is 0 Å². The summed E-state index contributed by atoms with van der Waals surface area (Å²) in [7, 11) is 0. The van der Waals surface area contributed by atoms with E-state index in [1.807, 2.05) is 13.0 Å². The SMILES string of the molecule is CC(N)CN1C2=CC=CC(=O)C2=C2CCC[C@@H]21. The van der Waals surface area contributed by atoms with Crippen molar-refractivity contribution in [2.75, 3.05) is 6.54 Å². The third-order valence-electron chi connectivity index (χ3n) is 3.82. The molecular weight excluding hydrogens is 212 g/mol. The Balaban J connectivity index is 2.02. The Morgan fingerprint density at radius 3 is 3.18 bits per heavy atom. The van der Waals surface area contributed by atoms with Crippen molar-refractivity contribution in [3.8, 4) is 0 Å². The van der Waals surface area contributed by atoms with Crippen LogP contribution in [-0.4, -0.2) is 29.3 Å². The molecule has 0 spiro atoms. The first-order valence-electron chi connectivity index (χ1n) is 6.37. The van der Waals surface area contributed by atoms with Crippen molar-refractivity contribution in [3.63, 3.8) is 0 Å². The lowest BCUT2D eigenvalue weighted by Crippen LogP contribution is -2.38. The Kier molecular flexibility index (Phi) is 2.44. The number of nitrogens with two attached hydrogens (primary N) is 1. The average molecular weight is 230 g/mol. The van der Waals surface area contributed by atoms with Crippen molar-refractivity contribution >= 4 is 5.78 Å². The van der Waals surface area contributed by atoms with Crippen LogP contribution in [0.2, 0.25) is 0 Å². The number of carbonyl (C=O) groups excluding carboxylic acids is 1. The molecule has 3 aliphatic rings. The number of ketones is 1. The van der Waals surface area contributed by atoms with Crippen LogP contribution in [0.1, 0.15) is 26.2 Å². The minimum Gasteiger partial charge on any atom is -0.363 e. The molecule has 0 saturated heterocycles. The van der Waals surface area contributed by atoms with E-state index in [1.54, 1.807) is 6.08 Å². The van der Waals surface area contributed by atoms with E-state index in [0.717, 1.165) is 30.7 Å². The molecule has 17 heavy (non-hydrogen) atoms. The van der Waals surface area contributed by atoms with Crippen LogP contribution < -0.4 is 5.73 Å². The van der Waals surface area contributed by atoms with Gasteiger partial charge < -0.3 is 10.6 Å². The van der Waals surface area contributed by atoms with Gasteiger partial charge in [-0.25, -0.2) is 0 Å². The zero-order valence-corrected chi connectivity index (χ0v) is 10.1. The summed E-state index contributed by atoms with van der Waals surface area (Å²) in [5.41, 5.74) is 9.35. The molecule has 3 heteroatoms. The molecule has 3 nitrogen and oxygen atoms in total. The molecule has 3 rings (SSSR count). The second kappa shape index (κ2) is 3.84. The first kappa shape index (κ1) is 10.8. The third kappa shape index (κ3) is 1.57. The summed E-state index contributed by atoms with van der Waals surface area (Å²) in [4.78, 5) is 14.3. The van der Waals surface area contributed by atoms with Crippen LogP contribution >= 0.6 is 0 Å². The monoisotopic (exact) mass is 230 g/mol. The van der Waals surface area contributed by atoms with Gasteiger partial charge in [0.2, 0.25) is 0 Å². The van der Waals surface area contributed by atoms with Crippen molar-refractivity contribution < 1.29 is 4.79 Å². The normalized spacial score (nSPS) is 28.4. The summed E-state index contributed by atoms with van der Waals surface area (Å²) in [6.07, 6.45) is 9.03. The summed E-state index contributed by atoms with van der Waals surface area (Å²) in [6.45, 7) is 2.86. The first-order chi connectivity index (χ1) is 8.18. The fourth-order valence-corrected chi connectivity index (χ4v) is 3.25. The second-order valence-corrected chi connectivity index (χ2v) is 5.21. The van der Waals surface area contributed by atoms with Crippen molar-refractivity contribution in [3.05, 3.63) is 35.1 Å². The van der Waals surface area contributed by atoms with Gasteiger partial charge in [0.1, 0.15) is 0 Å². The highest BCUT2D eigenvalue weighted by Gasteiger charge is 2.41. The molecule has 0 aromatic carbocycles. The van der Waals surface area contributed by atoms with Gasteiger partial charge in [-0.1, -0.05) is 6.08 Å². The van der Waals surface area contributed by atoms with Crippen LogP contribution in [0, 0.1) is 0 Å². The predicted octanol–water partition coefficient (Wildman–Crippen LogP) is 1.52. The van der Waals surface area contributed by atoms with Gasteiger partial charge in [-0.05, 0) is 43.9 Å². The minimum absolute atomic E-state index is 0.137. The second-order valence-electron chi connectivity index (χ2n) is 5.21. The van der Waals surface area contributed by atoms with Crippen molar-refractivity contribution in [2.24, 2.45) is 5.73 Å². The van der Waals surface area contributed by atoms with Gasteiger partial charge >= 0.3 is 0 Å². The number of nitrogens with zero attached hydrogens (tertiary/aromatic N) is 1. The number of carbonyl (C=O) groups is 1. The molecule has 2 atom stereocenters. The van der Waals surface area contributed by atoms with Gasteiger partial charge in [-0.3, -0.25) is 4.79 Å². The van der Waals surface area contributed by atoms with Crippen molar-refractivity contribution in [1.82, 2.24) is 4.90 Å². The Bertz CT molecular complexity index is 457. The van der Waals surface area contributed by atoms with Crippen LogP contribution in [0.15, 0.2) is 35.1 Å². The highest BCUT2D eigenvalue weighted by molar-refractivity contribution is 6.10. The molecule has 1 aliphatic heterocycles. The third-order valence-corrected chi connectivity index (χ3v) is 3.82. The van der Waals surface area contributed by atoms with E-state index < -0.39 is 0 Å². The summed E-state index contributed by atoms with van der Waals surface area (Å²) in [5.74, 6) is 0.177. The van der Waals surface area contributed by atoms with Gasteiger partial charge in [-0.15, -0.1) is 0 Å². The van der Waals surface area contributed by atoms with E-state index in [2.05, 4.69) is 11.0 Å². The maximum absolute atomic E-state index is 12.0. The topological polar surface area (TPSA) is 46.3 Å². The Morgan fingerprint density at radius 1 is 1.59 bits per heavy atom. The number of fused-ring (bicyclic) bond motifs is 2. The smallest absolute Gasteiger partial charge is 0.187 e. The summed E-state index contributed by atoms with van der Waals surface area (Å²) in [5, 5.41) is 0. The van der Waals surface area contributed by atoms with E-state index in [9.17, 15) is 4.79 Å². The van der Waals surface area contributed by atoms with Crippen LogP contribution in [0.3, 0.4) is 0 Å². The molecule has 0 aromatic heterocycles. The predicted molar refractivity (Wildman–Crippen MR) is 67.3 cm³/mol. The van der Waals surface area contributed by atoms with Gasteiger partial charge in [-0.2, -0.15) is 0 Å². The highest BCUT2D eigenvalue weighted by atomic mass is 16.1. The molecule has 1 saturated carbocycles. The molecule has 0 aromatic rings. The maximum Gasteiger partial charge on any atom is 0.187 e. The lowest BCUT2D eigenvalue weighted by Gasteiger charge is -2.29. The van der Waals surface area contributed by atoms with E-state index in [0.29, 0.717) is 6.04 Å². The Morgan fingerprint density at radius 2 is 2.41 bits per heavy atom. The van der Waals surface area contributed by atoms with Gasteiger partial charge in [0, 0.05) is 23.9 Å². The molecule has 1 heterocycles. The van der Waals surface area contributed by atoms with Gasteiger partial charge in [0.25, 0.3) is 0 Å². The van der Waals surface area contributed by atoms with Gasteiger partial charge in [0.05, 0.1) is 6.04 Å². The zero-order chi connectivity index (χ0) is 12.0. The fraction of sp³-hybridized carbons (Fsp3) is 0.500. The average Bonchev–Trinajstić information content (AvgIpc) is 2.82. The lowest BCUT2D eigenvalue weighted by molar-refractivity contribution is -0.111. The van der Waals surface area contributed by atoms with E-state index in [-0.39, 0.29) is 11.8 Å². The highest BCUT2D eigenvalue weighted by Crippen LogP contribution is 2.44. The molecule has 0 bridgehead atoms. The summed E-state index contributed by atoms with van der Waals surface area (Å²) in [6, 6.07) is 0.573. The first-order valence-corrected chi connectivity index (χ1v) is 6.37. The Labute approximate surface area is 102 Å². The Hall–Kier alpha value is -1.35. The minimum atomic E-state index is 0.137. The molecule has 90 valence electrons. The lowest BCUT2D eigenvalue weighted by atomic mass is 9.99. The quantitative estimate of drug-likeness (QED) is 0.782. The van der Waals surface area contributed by atoms with E-state index in [1.165, 1.54) is 12.0 Å². The molecule has 1 fully saturated rings. The maximum atomic E-state index is 12.0. The fourth-order valence-electron chi connectivity index (χ4n) is 3.25. The number of hydrogen-bond acceptors (Lipinski definition) is 3. The van der Waals surface area contributed by atoms with Crippen LogP contribution in [0.25, 0.3) is 0 Å². The molecular formula is C14H18N2O. The number of rotatable bonds is 2. The van der Waals surface area contributed by atoms with Crippen molar-refractivity contribution in [2.45, 2.75) is 38.3 Å². The van der Waals surface area contributed by atoms with E-state index >= 15 is 0 Å². The number of hydrogen-bond donors (Lipinski definition) is 1. The molecule has 0 radical (unpaired) electrons. The molecule has 2 aliphatic carbocycles. The van der Waals surface area contributed by atoms with E-state index in [4.69, 9.17) is 5.73 Å². The molecule has 1 unspecified atom stereocenters. The standard InChI is InChI=1S/C14H18N2O/c1-9(15)8-16-11-5-2-4-10(11)14-12(16)6-3-7-13(14)17/h3,6-7,9,11H,2,4-5,8,15H2,1H3/t9?,11-/m0/s1. The number of allylic oxidation sites excluding steroid dienone is 4. The summed E-state index contributed by atoms with van der Waals surface area (Å²) >= 11 is 0. The molecule has 0 amide bonds. The van der Waals surface area contributed by atoms with Crippen LogP contribution in [-0.2, 0) is 4.79 Å². The van der Waals surface area contributed by atoms with Gasteiger partial charge in [0.15, 0.2) is 5.78 Å². The molecule has 2 N–H and O–H groups in total. The summed E-state index contributed by atoms with van der Waals surface area (Å²) < 4.78 is 0. The van der Waals surface area contributed by atoms with Crippen LogP contribution in [0.5, 0.6) is 0 Å². The largest absolute Gasteiger partial charge is 0.363 e.